The second-order valence-corrected chi connectivity index (χ2v) is 5.68. The fourth-order valence-electron chi connectivity index (χ4n) is 1.87. The number of rotatable bonds is 7. The molecule has 122 valence electrons. The number of likely N-dealkylation sites (N-methyl/N-ethyl adjacent to an activating group) is 1. The minimum absolute atomic E-state index is 0.213. The Morgan fingerprint density at radius 3 is 2.78 bits per heavy atom. The minimum Gasteiger partial charge on any atom is -0.350 e. The predicted molar refractivity (Wildman–Crippen MR) is 91.7 cm³/mol. The number of nitrogens with zero attached hydrogens (tertiary/aromatic N) is 3. The van der Waals surface area contributed by atoms with Gasteiger partial charge in [-0.1, -0.05) is 29.8 Å². The summed E-state index contributed by atoms with van der Waals surface area (Å²) in [6.45, 7) is 1.83. The van der Waals surface area contributed by atoms with Gasteiger partial charge in [0.05, 0.1) is 0 Å². The zero-order valence-electron chi connectivity index (χ0n) is 13.2. The van der Waals surface area contributed by atoms with E-state index in [-0.39, 0.29) is 5.91 Å². The van der Waals surface area contributed by atoms with Crippen LogP contribution >= 0.6 is 11.6 Å². The maximum atomic E-state index is 12.0. The van der Waals surface area contributed by atoms with Crippen molar-refractivity contribution in [2.75, 3.05) is 32.5 Å². The monoisotopic (exact) mass is 333 g/mol. The number of halogens is 1. The van der Waals surface area contributed by atoms with E-state index in [1.807, 2.05) is 43.3 Å². The number of carbonyl (C=O) groups excluding carboxylic acids is 1. The van der Waals surface area contributed by atoms with Gasteiger partial charge in [-0.15, -0.1) is 0 Å². The molecule has 1 amide bonds. The molecule has 0 saturated heterocycles. The van der Waals surface area contributed by atoms with Crippen LogP contribution in [0.4, 0.5) is 5.95 Å². The standard InChI is InChI=1S/C16H20ClN5O/c1-22(2)10-9-18-15(23)14-7-8-19-16(21-14)20-11-12-5-3-4-6-13(12)17/h3-8H,9-11H2,1-2H3,(H,18,23)(H,19,20,21). The first kappa shape index (κ1) is 17.2. The normalized spacial score (nSPS) is 10.6. The molecular formula is C16H20ClN5O. The highest BCUT2D eigenvalue weighted by atomic mass is 35.5. The summed E-state index contributed by atoms with van der Waals surface area (Å²) in [5.74, 6) is 0.181. The van der Waals surface area contributed by atoms with E-state index in [0.29, 0.717) is 29.8 Å². The van der Waals surface area contributed by atoms with Gasteiger partial charge in [-0.2, -0.15) is 0 Å². The lowest BCUT2D eigenvalue weighted by molar-refractivity contribution is 0.0946. The number of nitrogens with one attached hydrogen (secondary N) is 2. The molecular weight excluding hydrogens is 314 g/mol. The van der Waals surface area contributed by atoms with E-state index in [2.05, 4.69) is 20.6 Å². The van der Waals surface area contributed by atoms with Gasteiger partial charge in [0.25, 0.3) is 5.91 Å². The summed E-state index contributed by atoms with van der Waals surface area (Å²) in [7, 11) is 3.90. The van der Waals surface area contributed by atoms with Gasteiger partial charge in [-0.05, 0) is 31.8 Å². The average Bonchev–Trinajstić information content (AvgIpc) is 2.54. The Morgan fingerprint density at radius 1 is 1.26 bits per heavy atom. The summed E-state index contributed by atoms with van der Waals surface area (Å²) in [6.07, 6.45) is 1.56. The van der Waals surface area contributed by atoms with Crippen molar-refractivity contribution >= 4 is 23.5 Å². The maximum Gasteiger partial charge on any atom is 0.270 e. The van der Waals surface area contributed by atoms with Gasteiger partial charge in [-0.3, -0.25) is 4.79 Å². The van der Waals surface area contributed by atoms with E-state index >= 15 is 0 Å². The van der Waals surface area contributed by atoms with Gasteiger partial charge in [0, 0.05) is 30.9 Å². The highest BCUT2D eigenvalue weighted by Crippen LogP contribution is 2.15. The molecule has 0 saturated carbocycles. The molecule has 0 aliphatic heterocycles. The summed E-state index contributed by atoms with van der Waals surface area (Å²) in [4.78, 5) is 22.4. The van der Waals surface area contributed by atoms with Gasteiger partial charge in [-0.25, -0.2) is 9.97 Å². The third-order valence-electron chi connectivity index (χ3n) is 3.13. The van der Waals surface area contributed by atoms with Crippen molar-refractivity contribution in [1.29, 1.82) is 0 Å². The van der Waals surface area contributed by atoms with Gasteiger partial charge in [0.1, 0.15) is 5.69 Å². The Morgan fingerprint density at radius 2 is 2.04 bits per heavy atom. The number of carbonyl (C=O) groups is 1. The molecule has 0 atom stereocenters. The number of amides is 1. The first-order chi connectivity index (χ1) is 11.1. The Bertz CT molecular complexity index is 662. The van der Waals surface area contributed by atoms with Crippen LogP contribution in [0.25, 0.3) is 0 Å². The van der Waals surface area contributed by atoms with E-state index in [0.717, 1.165) is 12.1 Å². The first-order valence-corrected chi connectivity index (χ1v) is 7.67. The zero-order valence-corrected chi connectivity index (χ0v) is 14.0. The van der Waals surface area contributed by atoms with Crippen molar-refractivity contribution < 1.29 is 4.79 Å². The van der Waals surface area contributed by atoms with Gasteiger partial charge in [0.15, 0.2) is 0 Å². The summed E-state index contributed by atoms with van der Waals surface area (Å²) in [6, 6.07) is 9.13. The molecule has 0 radical (unpaired) electrons. The lowest BCUT2D eigenvalue weighted by Gasteiger charge is -2.11. The molecule has 2 rings (SSSR count). The topological polar surface area (TPSA) is 70.2 Å². The summed E-state index contributed by atoms with van der Waals surface area (Å²) in [5.41, 5.74) is 1.28. The highest BCUT2D eigenvalue weighted by Gasteiger charge is 2.08. The number of hydrogen-bond donors (Lipinski definition) is 2. The smallest absolute Gasteiger partial charge is 0.270 e. The van der Waals surface area contributed by atoms with Crippen LogP contribution in [0.1, 0.15) is 16.1 Å². The second kappa shape index (κ2) is 8.45. The third-order valence-corrected chi connectivity index (χ3v) is 3.50. The molecule has 0 bridgehead atoms. The predicted octanol–water partition coefficient (Wildman–Crippen LogP) is 2.03. The lowest BCUT2D eigenvalue weighted by Crippen LogP contribution is -2.31. The Balaban J connectivity index is 1.94. The van der Waals surface area contributed by atoms with Crippen LogP contribution in [0, 0.1) is 0 Å². The lowest BCUT2D eigenvalue weighted by atomic mass is 10.2. The quantitative estimate of drug-likeness (QED) is 0.811. The molecule has 0 aliphatic carbocycles. The number of hydrogen-bond acceptors (Lipinski definition) is 5. The molecule has 0 aliphatic rings. The van der Waals surface area contributed by atoms with Crippen LogP contribution in [0.15, 0.2) is 36.5 Å². The van der Waals surface area contributed by atoms with Crippen molar-refractivity contribution in [2.24, 2.45) is 0 Å². The largest absolute Gasteiger partial charge is 0.350 e. The molecule has 0 spiro atoms. The van der Waals surface area contributed by atoms with Gasteiger partial charge in [0.2, 0.25) is 5.95 Å². The fourth-order valence-corrected chi connectivity index (χ4v) is 2.07. The molecule has 1 aromatic heterocycles. The molecule has 2 N–H and O–H groups in total. The molecule has 1 heterocycles. The van der Waals surface area contributed by atoms with Crippen molar-refractivity contribution in [3.63, 3.8) is 0 Å². The van der Waals surface area contributed by atoms with Crippen LogP contribution in [0.5, 0.6) is 0 Å². The molecule has 7 heteroatoms. The highest BCUT2D eigenvalue weighted by molar-refractivity contribution is 6.31. The van der Waals surface area contributed by atoms with Crippen LogP contribution in [-0.4, -0.2) is 48.0 Å². The first-order valence-electron chi connectivity index (χ1n) is 7.29. The van der Waals surface area contributed by atoms with Crippen molar-refractivity contribution in [2.45, 2.75) is 6.54 Å². The fraction of sp³-hybridized carbons (Fsp3) is 0.312. The molecule has 23 heavy (non-hydrogen) atoms. The van der Waals surface area contributed by atoms with E-state index in [9.17, 15) is 4.79 Å². The van der Waals surface area contributed by atoms with Crippen molar-refractivity contribution in [3.05, 3.63) is 52.8 Å². The SMILES string of the molecule is CN(C)CCNC(=O)c1ccnc(NCc2ccccc2Cl)n1. The number of aromatic nitrogens is 2. The van der Waals surface area contributed by atoms with Crippen LogP contribution in [0.2, 0.25) is 5.02 Å². The van der Waals surface area contributed by atoms with E-state index < -0.39 is 0 Å². The Labute approximate surface area is 140 Å². The van der Waals surface area contributed by atoms with E-state index in [1.165, 1.54) is 0 Å². The summed E-state index contributed by atoms with van der Waals surface area (Å²) in [5, 5.41) is 6.58. The van der Waals surface area contributed by atoms with Crippen LogP contribution in [-0.2, 0) is 6.54 Å². The summed E-state index contributed by atoms with van der Waals surface area (Å²) >= 11 is 6.11. The molecule has 2 aromatic rings. The van der Waals surface area contributed by atoms with Crippen LogP contribution in [0.3, 0.4) is 0 Å². The Hall–Kier alpha value is -2.18. The van der Waals surface area contributed by atoms with Crippen molar-refractivity contribution in [3.8, 4) is 0 Å². The van der Waals surface area contributed by atoms with E-state index in [4.69, 9.17) is 11.6 Å². The summed E-state index contributed by atoms with van der Waals surface area (Å²) < 4.78 is 0. The molecule has 0 fully saturated rings. The van der Waals surface area contributed by atoms with Gasteiger partial charge >= 0.3 is 0 Å². The second-order valence-electron chi connectivity index (χ2n) is 5.27. The van der Waals surface area contributed by atoms with Crippen LogP contribution < -0.4 is 10.6 Å². The maximum absolute atomic E-state index is 12.0. The van der Waals surface area contributed by atoms with E-state index in [1.54, 1.807) is 12.3 Å². The van der Waals surface area contributed by atoms with Gasteiger partial charge < -0.3 is 15.5 Å². The number of anilines is 1. The third kappa shape index (κ3) is 5.50. The molecule has 6 nitrogen and oxygen atoms in total. The van der Waals surface area contributed by atoms with Crippen molar-refractivity contribution in [1.82, 2.24) is 20.2 Å². The average molecular weight is 334 g/mol. The zero-order chi connectivity index (χ0) is 16.7. The Kier molecular flexibility index (Phi) is 6.31. The minimum atomic E-state index is -0.213. The number of benzene rings is 1. The molecule has 0 unspecified atom stereocenters. The molecule has 1 aromatic carbocycles.